The summed E-state index contributed by atoms with van der Waals surface area (Å²) in [4.78, 5) is 0. The van der Waals surface area contributed by atoms with E-state index in [9.17, 15) is 5.26 Å². The third kappa shape index (κ3) is 3.37. The average molecular weight is 301 g/mol. The minimum atomic E-state index is 0.610. The van der Waals surface area contributed by atoms with Crippen LogP contribution in [-0.4, -0.2) is 0 Å². The number of allylic oxidation sites excluding steroid dienone is 1. The van der Waals surface area contributed by atoms with Crippen molar-refractivity contribution in [3.05, 3.63) is 72.3 Å². The van der Waals surface area contributed by atoms with Gasteiger partial charge in [-0.15, -0.1) is 6.58 Å². The number of hydrogen-bond donors (Lipinski definition) is 0. The smallest absolute Gasteiger partial charge is 0.0998 e. The van der Waals surface area contributed by atoms with Gasteiger partial charge in [-0.2, -0.15) is 5.26 Å². The highest BCUT2D eigenvalue weighted by atomic mass is 14.3. The van der Waals surface area contributed by atoms with Gasteiger partial charge < -0.3 is 0 Å². The molecular weight excluding hydrogens is 278 g/mol. The van der Waals surface area contributed by atoms with Crippen LogP contribution in [0.15, 0.2) is 61.2 Å². The van der Waals surface area contributed by atoms with E-state index in [-0.39, 0.29) is 0 Å². The second-order valence-corrected chi connectivity index (χ2v) is 6.49. The molecule has 0 atom stereocenters. The Bertz CT molecular complexity index is 715. The van der Waals surface area contributed by atoms with Crippen molar-refractivity contribution < 1.29 is 0 Å². The van der Waals surface area contributed by atoms with Crippen molar-refractivity contribution in [3.8, 4) is 17.2 Å². The molecule has 1 aliphatic carbocycles. The van der Waals surface area contributed by atoms with E-state index in [1.165, 1.54) is 36.8 Å². The zero-order chi connectivity index (χ0) is 16.1. The van der Waals surface area contributed by atoms with Gasteiger partial charge in [0, 0.05) is 0 Å². The molecule has 116 valence electrons. The number of nitriles is 1. The highest BCUT2D eigenvalue weighted by molar-refractivity contribution is 5.73. The first-order valence-corrected chi connectivity index (χ1v) is 8.52. The van der Waals surface area contributed by atoms with Gasteiger partial charge in [-0.25, -0.2) is 0 Å². The summed E-state index contributed by atoms with van der Waals surface area (Å²) in [5, 5.41) is 9.42. The highest BCUT2D eigenvalue weighted by Gasteiger charge is 2.24. The third-order valence-corrected chi connectivity index (χ3v) is 5.09. The topological polar surface area (TPSA) is 23.8 Å². The van der Waals surface area contributed by atoms with Crippen LogP contribution in [0.4, 0.5) is 0 Å². The molecule has 1 heteroatoms. The van der Waals surface area contributed by atoms with Crippen molar-refractivity contribution in [2.24, 2.45) is 5.92 Å². The van der Waals surface area contributed by atoms with Crippen molar-refractivity contribution in [2.45, 2.75) is 38.0 Å². The van der Waals surface area contributed by atoms with Crippen LogP contribution in [0.3, 0.4) is 0 Å². The van der Waals surface area contributed by atoms with Gasteiger partial charge >= 0.3 is 0 Å². The summed E-state index contributed by atoms with van der Waals surface area (Å²) in [6.45, 7) is 3.87. The Kier molecular flexibility index (Phi) is 4.93. The van der Waals surface area contributed by atoms with E-state index in [2.05, 4.69) is 49.1 Å². The lowest BCUT2D eigenvalue weighted by Crippen LogP contribution is -2.13. The molecule has 0 spiro atoms. The molecule has 0 saturated heterocycles. The van der Waals surface area contributed by atoms with Gasteiger partial charge in [-0.05, 0) is 66.7 Å². The molecule has 2 aromatic rings. The summed E-state index contributed by atoms with van der Waals surface area (Å²) in [7, 11) is 0. The van der Waals surface area contributed by atoms with Crippen LogP contribution in [0.1, 0.15) is 49.1 Å². The van der Waals surface area contributed by atoms with E-state index in [0.717, 1.165) is 23.5 Å². The molecule has 0 unspecified atom stereocenters. The Morgan fingerprint density at radius 2 is 1.61 bits per heavy atom. The monoisotopic (exact) mass is 301 g/mol. The third-order valence-electron chi connectivity index (χ3n) is 5.09. The Morgan fingerprint density at radius 3 is 2.30 bits per heavy atom. The molecule has 3 rings (SSSR count). The normalized spacial score (nSPS) is 20.7. The van der Waals surface area contributed by atoms with Crippen LogP contribution in [0.2, 0.25) is 0 Å². The summed E-state index contributed by atoms with van der Waals surface area (Å²) in [6, 6.07) is 18.9. The lowest BCUT2D eigenvalue weighted by atomic mass is 9.75. The van der Waals surface area contributed by atoms with Crippen molar-refractivity contribution in [1.82, 2.24) is 0 Å². The second kappa shape index (κ2) is 7.29. The lowest BCUT2D eigenvalue weighted by Gasteiger charge is -2.29. The zero-order valence-corrected chi connectivity index (χ0v) is 13.5. The van der Waals surface area contributed by atoms with Crippen LogP contribution < -0.4 is 0 Å². The van der Waals surface area contributed by atoms with Gasteiger partial charge in [0.15, 0.2) is 0 Å². The van der Waals surface area contributed by atoms with Crippen molar-refractivity contribution in [2.75, 3.05) is 0 Å². The lowest BCUT2D eigenvalue weighted by molar-refractivity contribution is 0.329. The van der Waals surface area contributed by atoms with Gasteiger partial charge in [0.05, 0.1) is 11.6 Å². The molecule has 1 aliphatic rings. The molecule has 0 heterocycles. The van der Waals surface area contributed by atoms with Gasteiger partial charge in [0.25, 0.3) is 0 Å². The summed E-state index contributed by atoms with van der Waals surface area (Å²) in [6.07, 6.45) is 8.25. The Morgan fingerprint density at radius 1 is 0.957 bits per heavy atom. The van der Waals surface area contributed by atoms with Crippen LogP contribution in [0.5, 0.6) is 0 Å². The largest absolute Gasteiger partial charge is 0.192 e. The van der Waals surface area contributed by atoms with E-state index in [1.54, 1.807) is 0 Å². The quantitative estimate of drug-likeness (QED) is 0.628. The molecule has 0 radical (unpaired) electrons. The minimum absolute atomic E-state index is 0.610. The average Bonchev–Trinajstić information content (AvgIpc) is 2.63. The van der Waals surface area contributed by atoms with Crippen molar-refractivity contribution in [1.29, 1.82) is 5.26 Å². The van der Waals surface area contributed by atoms with E-state index in [1.807, 2.05) is 18.2 Å². The van der Waals surface area contributed by atoms with Gasteiger partial charge in [-0.3, -0.25) is 0 Å². The molecule has 0 amide bonds. The summed E-state index contributed by atoms with van der Waals surface area (Å²) in [5.41, 5.74) is 4.48. The predicted octanol–water partition coefficient (Wildman–Crippen LogP) is 6.08. The predicted molar refractivity (Wildman–Crippen MR) is 96.1 cm³/mol. The molecule has 0 N–H and O–H groups in total. The number of nitrogens with zero attached hydrogens (tertiary/aromatic N) is 1. The summed E-state index contributed by atoms with van der Waals surface area (Å²) < 4.78 is 0. The molecule has 0 aromatic heterocycles. The second-order valence-electron chi connectivity index (χ2n) is 6.49. The van der Waals surface area contributed by atoms with Crippen LogP contribution >= 0.6 is 0 Å². The Hall–Kier alpha value is -2.33. The molecular formula is C22H23N. The molecule has 1 saturated carbocycles. The maximum atomic E-state index is 9.42. The first-order valence-electron chi connectivity index (χ1n) is 8.52. The maximum Gasteiger partial charge on any atom is 0.0998 e. The fourth-order valence-electron chi connectivity index (χ4n) is 3.86. The highest BCUT2D eigenvalue weighted by Crippen LogP contribution is 2.41. The summed E-state index contributed by atoms with van der Waals surface area (Å²) >= 11 is 0. The fourth-order valence-corrected chi connectivity index (χ4v) is 3.86. The minimum Gasteiger partial charge on any atom is -0.192 e. The van der Waals surface area contributed by atoms with Crippen LogP contribution in [0.25, 0.3) is 11.1 Å². The van der Waals surface area contributed by atoms with Gasteiger partial charge in [-0.1, -0.05) is 48.5 Å². The van der Waals surface area contributed by atoms with Crippen LogP contribution in [-0.2, 0) is 0 Å². The van der Waals surface area contributed by atoms with E-state index < -0.39 is 0 Å². The molecule has 23 heavy (non-hydrogen) atoms. The van der Waals surface area contributed by atoms with E-state index >= 15 is 0 Å². The standard InChI is InChI=1S/C22H23N/c1-2-7-17-12-14-18(15-13-17)20-9-5-6-11-22(20)21-10-4-3-8-19(21)16-23/h2-6,8-11,17-18H,1,7,12-15H2. The van der Waals surface area contributed by atoms with Gasteiger partial charge in [0.2, 0.25) is 0 Å². The van der Waals surface area contributed by atoms with E-state index in [4.69, 9.17) is 0 Å². The van der Waals surface area contributed by atoms with E-state index in [0.29, 0.717) is 5.92 Å². The molecule has 0 aliphatic heterocycles. The van der Waals surface area contributed by atoms with Crippen LogP contribution in [0, 0.1) is 17.2 Å². The molecule has 1 fully saturated rings. The first kappa shape index (κ1) is 15.6. The van der Waals surface area contributed by atoms with Gasteiger partial charge in [0.1, 0.15) is 0 Å². The Labute approximate surface area is 139 Å². The number of benzene rings is 2. The SMILES string of the molecule is C=CCC1CCC(c2ccccc2-c2ccccc2C#N)CC1. The number of hydrogen-bond acceptors (Lipinski definition) is 1. The van der Waals surface area contributed by atoms with Crippen molar-refractivity contribution in [3.63, 3.8) is 0 Å². The molecule has 2 aromatic carbocycles. The Balaban J connectivity index is 1.91. The number of rotatable bonds is 4. The first-order chi connectivity index (χ1) is 11.3. The molecule has 1 nitrogen and oxygen atoms in total. The summed E-state index contributed by atoms with van der Waals surface area (Å²) in [5.74, 6) is 1.42. The fraction of sp³-hybridized carbons (Fsp3) is 0.318. The maximum absolute atomic E-state index is 9.42. The zero-order valence-electron chi connectivity index (χ0n) is 13.5. The molecule has 0 bridgehead atoms. The van der Waals surface area contributed by atoms with Crippen molar-refractivity contribution >= 4 is 0 Å².